The summed E-state index contributed by atoms with van der Waals surface area (Å²) in [6.07, 6.45) is 6.72. The van der Waals surface area contributed by atoms with Gasteiger partial charge < -0.3 is 16.0 Å². The summed E-state index contributed by atoms with van der Waals surface area (Å²) in [5.74, 6) is -0.219. The van der Waals surface area contributed by atoms with Crippen LogP contribution in [-0.4, -0.2) is 23.0 Å². The first-order valence-electron chi connectivity index (χ1n) is 6.42. The first-order chi connectivity index (χ1) is 8.66. The van der Waals surface area contributed by atoms with Gasteiger partial charge in [-0.3, -0.25) is 9.59 Å². The third kappa shape index (κ3) is 3.20. The van der Waals surface area contributed by atoms with E-state index in [1.54, 1.807) is 6.07 Å². The lowest BCUT2D eigenvalue weighted by molar-refractivity contribution is 0.0928. The SMILES string of the molecule is NC1CCCCCC1NC(=O)c1cc[nH]c(=O)c1. The summed E-state index contributed by atoms with van der Waals surface area (Å²) >= 11 is 0. The summed E-state index contributed by atoms with van der Waals surface area (Å²) < 4.78 is 0. The van der Waals surface area contributed by atoms with E-state index in [2.05, 4.69) is 10.3 Å². The molecule has 1 fully saturated rings. The third-order valence-corrected chi connectivity index (χ3v) is 3.42. The number of amides is 1. The van der Waals surface area contributed by atoms with Gasteiger partial charge >= 0.3 is 0 Å². The summed E-state index contributed by atoms with van der Waals surface area (Å²) in [5.41, 5.74) is 6.17. The fourth-order valence-electron chi connectivity index (χ4n) is 2.35. The van der Waals surface area contributed by atoms with E-state index >= 15 is 0 Å². The average molecular weight is 249 g/mol. The van der Waals surface area contributed by atoms with Crippen molar-refractivity contribution < 1.29 is 4.79 Å². The molecule has 1 aromatic heterocycles. The first-order valence-corrected chi connectivity index (χ1v) is 6.42. The highest BCUT2D eigenvalue weighted by Gasteiger charge is 2.22. The van der Waals surface area contributed by atoms with Gasteiger partial charge in [-0.1, -0.05) is 19.3 Å². The van der Waals surface area contributed by atoms with Crippen molar-refractivity contribution in [1.82, 2.24) is 10.3 Å². The largest absolute Gasteiger partial charge is 0.348 e. The molecular weight excluding hydrogens is 230 g/mol. The van der Waals surface area contributed by atoms with Crippen LogP contribution in [0.1, 0.15) is 42.5 Å². The lowest BCUT2D eigenvalue weighted by Crippen LogP contribution is -2.47. The molecule has 1 amide bonds. The van der Waals surface area contributed by atoms with Crippen molar-refractivity contribution in [2.24, 2.45) is 5.73 Å². The molecule has 1 aromatic rings. The summed E-state index contributed by atoms with van der Waals surface area (Å²) in [4.78, 5) is 25.6. The lowest BCUT2D eigenvalue weighted by Gasteiger charge is -2.22. The molecule has 0 spiro atoms. The molecule has 5 heteroatoms. The van der Waals surface area contributed by atoms with Crippen LogP contribution in [0.25, 0.3) is 0 Å². The van der Waals surface area contributed by atoms with Crippen molar-refractivity contribution in [2.75, 3.05) is 0 Å². The molecule has 0 radical (unpaired) electrons. The van der Waals surface area contributed by atoms with Crippen LogP contribution < -0.4 is 16.6 Å². The molecule has 0 bridgehead atoms. The smallest absolute Gasteiger partial charge is 0.251 e. The number of carbonyl (C=O) groups excluding carboxylic acids is 1. The van der Waals surface area contributed by atoms with Gasteiger partial charge in [0, 0.05) is 29.9 Å². The first kappa shape index (κ1) is 12.8. The number of nitrogens with two attached hydrogens (primary N) is 1. The quantitative estimate of drug-likeness (QED) is 0.676. The molecule has 1 aliphatic carbocycles. The van der Waals surface area contributed by atoms with Gasteiger partial charge in [0.2, 0.25) is 5.56 Å². The minimum Gasteiger partial charge on any atom is -0.348 e. The molecular formula is C13H19N3O2. The molecule has 1 saturated carbocycles. The number of carbonyl (C=O) groups is 1. The standard InChI is InChI=1S/C13H19N3O2/c14-10-4-2-1-3-5-11(10)16-13(18)9-6-7-15-12(17)8-9/h6-8,10-11H,1-5,14H2,(H,15,17)(H,16,18). The van der Waals surface area contributed by atoms with Crippen molar-refractivity contribution in [3.05, 3.63) is 34.2 Å². The maximum atomic E-state index is 12.0. The number of nitrogens with one attached hydrogen (secondary N) is 2. The molecule has 5 nitrogen and oxygen atoms in total. The summed E-state index contributed by atoms with van der Waals surface area (Å²) in [6.45, 7) is 0. The van der Waals surface area contributed by atoms with Crippen LogP contribution >= 0.6 is 0 Å². The highest BCUT2D eigenvalue weighted by atomic mass is 16.2. The van der Waals surface area contributed by atoms with E-state index in [0.717, 1.165) is 25.7 Å². The maximum Gasteiger partial charge on any atom is 0.251 e. The van der Waals surface area contributed by atoms with Gasteiger partial charge in [0.05, 0.1) is 0 Å². The van der Waals surface area contributed by atoms with E-state index in [1.165, 1.54) is 18.7 Å². The summed E-state index contributed by atoms with van der Waals surface area (Å²) in [7, 11) is 0. The Hall–Kier alpha value is -1.62. The van der Waals surface area contributed by atoms with E-state index in [0.29, 0.717) is 5.56 Å². The Labute approximate surface area is 106 Å². The number of H-pyrrole nitrogens is 1. The van der Waals surface area contributed by atoms with Crippen LogP contribution in [0.4, 0.5) is 0 Å². The van der Waals surface area contributed by atoms with E-state index < -0.39 is 0 Å². The molecule has 1 aliphatic rings. The minimum absolute atomic E-state index is 0.0125. The zero-order valence-electron chi connectivity index (χ0n) is 10.3. The van der Waals surface area contributed by atoms with Gasteiger partial charge in [-0.05, 0) is 18.9 Å². The van der Waals surface area contributed by atoms with E-state index in [-0.39, 0.29) is 23.6 Å². The van der Waals surface area contributed by atoms with Crippen molar-refractivity contribution in [3.63, 3.8) is 0 Å². The Bertz CT molecular complexity index is 469. The fourth-order valence-corrected chi connectivity index (χ4v) is 2.35. The Morgan fingerprint density at radius 1 is 1.33 bits per heavy atom. The van der Waals surface area contributed by atoms with E-state index in [9.17, 15) is 9.59 Å². The molecule has 0 saturated heterocycles. The average Bonchev–Trinajstić information content (AvgIpc) is 2.55. The zero-order chi connectivity index (χ0) is 13.0. The molecule has 0 aliphatic heterocycles. The summed E-state index contributed by atoms with van der Waals surface area (Å²) in [5, 5.41) is 2.94. The molecule has 1 heterocycles. The normalized spacial score (nSPS) is 24.3. The molecule has 18 heavy (non-hydrogen) atoms. The highest BCUT2D eigenvalue weighted by molar-refractivity contribution is 5.94. The molecule has 4 N–H and O–H groups in total. The lowest BCUT2D eigenvalue weighted by atomic mass is 10.0. The van der Waals surface area contributed by atoms with Crippen LogP contribution in [0, 0.1) is 0 Å². The topological polar surface area (TPSA) is 88.0 Å². The maximum absolute atomic E-state index is 12.0. The Morgan fingerprint density at radius 2 is 2.11 bits per heavy atom. The van der Waals surface area contributed by atoms with Crippen LogP contribution in [0.2, 0.25) is 0 Å². The summed E-state index contributed by atoms with van der Waals surface area (Å²) in [6, 6.07) is 2.93. The molecule has 98 valence electrons. The number of pyridine rings is 1. The van der Waals surface area contributed by atoms with Crippen LogP contribution in [0.15, 0.2) is 23.1 Å². The Balaban J connectivity index is 2.04. The second-order valence-electron chi connectivity index (χ2n) is 4.82. The van der Waals surface area contributed by atoms with Crippen molar-refractivity contribution in [3.8, 4) is 0 Å². The molecule has 2 rings (SSSR count). The predicted molar refractivity (Wildman–Crippen MR) is 69.4 cm³/mol. The number of hydrogen-bond donors (Lipinski definition) is 3. The second-order valence-corrected chi connectivity index (χ2v) is 4.82. The molecule has 2 unspecified atom stereocenters. The van der Waals surface area contributed by atoms with Gasteiger partial charge in [-0.15, -0.1) is 0 Å². The minimum atomic E-state index is -0.271. The highest BCUT2D eigenvalue weighted by Crippen LogP contribution is 2.17. The Kier molecular flexibility index (Phi) is 4.15. The van der Waals surface area contributed by atoms with E-state index in [4.69, 9.17) is 5.73 Å². The van der Waals surface area contributed by atoms with Gasteiger partial charge in [-0.25, -0.2) is 0 Å². The predicted octanol–water partition coefficient (Wildman–Crippen LogP) is 0.765. The van der Waals surface area contributed by atoms with Gasteiger partial charge in [0.1, 0.15) is 0 Å². The van der Waals surface area contributed by atoms with Crippen molar-refractivity contribution >= 4 is 5.91 Å². The van der Waals surface area contributed by atoms with Gasteiger partial charge in [0.15, 0.2) is 0 Å². The van der Waals surface area contributed by atoms with Crippen LogP contribution in [0.3, 0.4) is 0 Å². The zero-order valence-corrected chi connectivity index (χ0v) is 10.3. The number of rotatable bonds is 2. The van der Waals surface area contributed by atoms with E-state index in [1.807, 2.05) is 0 Å². The van der Waals surface area contributed by atoms with Crippen LogP contribution in [-0.2, 0) is 0 Å². The van der Waals surface area contributed by atoms with Crippen LogP contribution in [0.5, 0.6) is 0 Å². The monoisotopic (exact) mass is 249 g/mol. The van der Waals surface area contributed by atoms with Gasteiger partial charge in [-0.2, -0.15) is 0 Å². The number of aromatic nitrogens is 1. The third-order valence-electron chi connectivity index (χ3n) is 3.42. The van der Waals surface area contributed by atoms with Crippen molar-refractivity contribution in [2.45, 2.75) is 44.2 Å². The molecule has 2 atom stereocenters. The second kappa shape index (κ2) is 5.82. The number of aromatic amines is 1. The van der Waals surface area contributed by atoms with Gasteiger partial charge in [0.25, 0.3) is 5.91 Å². The molecule has 0 aromatic carbocycles. The fraction of sp³-hybridized carbons (Fsp3) is 0.538. The van der Waals surface area contributed by atoms with Crippen molar-refractivity contribution in [1.29, 1.82) is 0 Å². The number of hydrogen-bond acceptors (Lipinski definition) is 3. The Morgan fingerprint density at radius 3 is 2.89 bits per heavy atom.